The fourth-order valence-electron chi connectivity index (χ4n) is 3.46. The molecule has 0 spiro atoms. The van der Waals surface area contributed by atoms with Crippen LogP contribution in [0.25, 0.3) is 0 Å². The van der Waals surface area contributed by atoms with E-state index in [-0.39, 0.29) is 25.0 Å². The van der Waals surface area contributed by atoms with Crippen molar-refractivity contribution in [2.24, 2.45) is 5.92 Å². The van der Waals surface area contributed by atoms with Gasteiger partial charge in [0.25, 0.3) is 0 Å². The van der Waals surface area contributed by atoms with Gasteiger partial charge >= 0.3 is 0 Å². The average molecular weight is 348 g/mol. The number of amides is 1. The van der Waals surface area contributed by atoms with E-state index < -0.39 is 0 Å². The molecule has 0 atom stereocenters. The largest absolute Gasteiger partial charge is 0.395 e. The Balaban J connectivity index is 1.48. The average Bonchev–Trinajstić information content (AvgIpc) is 2.60. The van der Waals surface area contributed by atoms with Gasteiger partial charge in [0.15, 0.2) is 0 Å². The second kappa shape index (κ2) is 9.10. The Kier molecular flexibility index (Phi) is 6.58. The maximum atomic E-state index is 12.4. The van der Waals surface area contributed by atoms with E-state index in [1.54, 1.807) is 17.3 Å². The number of hydrogen-bond donors (Lipinski definition) is 2. The first-order valence-electron chi connectivity index (χ1n) is 9.29. The summed E-state index contributed by atoms with van der Waals surface area (Å²) in [5.74, 6) is 1.32. The van der Waals surface area contributed by atoms with Crippen molar-refractivity contribution in [2.45, 2.75) is 44.6 Å². The number of nitrogens with zero attached hydrogens (tertiary/aromatic N) is 3. The maximum absolute atomic E-state index is 12.4. The Labute approximate surface area is 148 Å². The van der Waals surface area contributed by atoms with Gasteiger partial charge in [-0.05, 0) is 24.3 Å². The van der Waals surface area contributed by atoms with Crippen LogP contribution in [0.4, 0.5) is 5.95 Å². The van der Waals surface area contributed by atoms with Gasteiger partial charge in [-0.15, -0.1) is 0 Å². The molecule has 2 N–H and O–H groups in total. The first-order valence-corrected chi connectivity index (χ1v) is 9.29. The number of aromatic nitrogens is 2. The Hall–Kier alpha value is -1.73. The molecule has 2 fully saturated rings. The molecule has 1 aliphatic carbocycles. The summed E-state index contributed by atoms with van der Waals surface area (Å²) in [6, 6.07) is 0.0806. The number of carbonyl (C=O) groups is 1. The van der Waals surface area contributed by atoms with Gasteiger partial charge < -0.3 is 20.1 Å². The lowest BCUT2D eigenvalue weighted by Crippen LogP contribution is -2.53. The molecule has 7 nitrogen and oxygen atoms in total. The number of aliphatic hydroxyl groups is 1. The van der Waals surface area contributed by atoms with Crippen molar-refractivity contribution in [1.82, 2.24) is 14.9 Å². The summed E-state index contributed by atoms with van der Waals surface area (Å²) in [7, 11) is 0. The zero-order valence-electron chi connectivity index (χ0n) is 14.7. The minimum Gasteiger partial charge on any atom is -0.395 e. The highest BCUT2D eigenvalue weighted by Crippen LogP contribution is 2.23. The molecule has 2 heterocycles. The molecule has 0 unspecified atom stereocenters. The first kappa shape index (κ1) is 18.1. The van der Waals surface area contributed by atoms with Gasteiger partial charge in [0.1, 0.15) is 0 Å². The topological polar surface area (TPSA) is 87.6 Å². The van der Waals surface area contributed by atoms with E-state index in [9.17, 15) is 4.79 Å². The smallest absolute Gasteiger partial charge is 0.227 e. The predicted molar refractivity (Wildman–Crippen MR) is 94.2 cm³/mol. The van der Waals surface area contributed by atoms with E-state index in [2.05, 4.69) is 15.3 Å². The highest BCUT2D eigenvalue weighted by atomic mass is 16.5. The number of anilines is 1. The van der Waals surface area contributed by atoms with Crippen molar-refractivity contribution in [3.8, 4) is 0 Å². The zero-order chi connectivity index (χ0) is 17.5. The fourth-order valence-corrected chi connectivity index (χ4v) is 3.46. The monoisotopic (exact) mass is 348 g/mol. The van der Waals surface area contributed by atoms with Crippen molar-refractivity contribution in [1.29, 1.82) is 0 Å². The molecule has 0 aromatic carbocycles. The lowest BCUT2D eigenvalue weighted by atomic mass is 9.89. The number of ether oxygens (including phenoxy) is 1. The van der Waals surface area contributed by atoms with Crippen molar-refractivity contribution in [3.63, 3.8) is 0 Å². The predicted octanol–water partition coefficient (Wildman–Crippen LogP) is 1.23. The molecular formula is C18H28N4O3. The Bertz CT molecular complexity index is 542. The molecule has 7 heteroatoms. The summed E-state index contributed by atoms with van der Waals surface area (Å²) in [5, 5.41) is 12.5. The summed E-state index contributed by atoms with van der Waals surface area (Å²) in [6.45, 7) is 2.32. The van der Waals surface area contributed by atoms with Crippen molar-refractivity contribution < 1.29 is 14.6 Å². The molecule has 1 aliphatic heterocycles. The third-order valence-electron chi connectivity index (χ3n) is 5.06. The number of carbonyl (C=O) groups excluding carboxylic acids is 1. The minimum atomic E-state index is -0.0389. The van der Waals surface area contributed by atoms with E-state index in [0.717, 1.165) is 18.0 Å². The lowest BCUT2D eigenvalue weighted by Gasteiger charge is -2.37. The number of hydrogen-bond acceptors (Lipinski definition) is 6. The Morgan fingerprint density at radius 2 is 1.96 bits per heavy atom. The summed E-state index contributed by atoms with van der Waals surface area (Å²) < 4.78 is 5.15. The van der Waals surface area contributed by atoms with Crippen LogP contribution in [0.3, 0.4) is 0 Å². The van der Waals surface area contributed by atoms with Crippen LogP contribution in [-0.2, 0) is 16.0 Å². The number of rotatable bonds is 8. The zero-order valence-corrected chi connectivity index (χ0v) is 14.7. The molecular weight excluding hydrogens is 320 g/mol. The van der Waals surface area contributed by atoms with E-state index in [0.29, 0.717) is 25.7 Å². The number of nitrogens with one attached hydrogen (secondary N) is 1. The molecule has 0 bridgehead atoms. The molecule has 3 rings (SSSR count). The van der Waals surface area contributed by atoms with Gasteiger partial charge in [0, 0.05) is 25.5 Å². The molecule has 1 saturated heterocycles. The van der Waals surface area contributed by atoms with Gasteiger partial charge in [-0.1, -0.05) is 19.3 Å². The van der Waals surface area contributed by atoms with Gasteiger partial charge in [0.2, 0.25) is 11.9 Å². The van der Waals surface area contributed by atoms with Crippen LogP contribution in [0, 0.1) is 5.92 Å². The second-order valence-electron chi connectivity index (χ2n) is 6.98. The summed E-state index contributed by atoms with van der Waals surface area (Å²) in [6.07, 6.45) is 10.2. The van der Waals surface area contributed by atoms with Gasteiger partial charge in [-0.3, -0.25) is 4.79 Å². The van der Waals surface area contributed by atoms with Crippen molar-refractivity contribution in [2.75, 3.05) is 38.2 Å². The third-order valence-corrected chi connectivity index (χ3v) is 5.06. The van der Waals surface area contributed by atoms with Crippen LogP contribution in [0.15, 0.2) is 12.4 Å². The second-order valence-corrected chi connectivity index (χ2v) is 6.98. The Morgan fingerprint density at radius 1 is 1.24 bits per heavy atom. The van der Waals surface area contributed by atoms with Crippen LogP contribution in [-0.4, -0.2) is 64.8 Å². The van der Waals surface area contributed by atoms with E-state index in [1.807, 2.05) is 0 Å². The third kappa shape index (κ3) is 5.12. The summed E-state index contributed by atoms with van der Waals surface area (Å²) in [4.78, 5) is 22.8. The standard InChI is InChI=1S/C18H28N4O3/c23-7-6-22(16-12-25-13-16)17(24)8-15-10-20-18(21-11-15)19-9-14-4-2-1-3-5-14/h10-11,14,16,23H,1-9,12-13H2,(H,19,20,21). The van der Waals surface area contributed by atoms with Gasteiger partial charge in [-0.2, -0.15) is 0 Å². The van der Waals surface area contributed by atoms with E-state index in [4.69, 9.17) is 9.84 Å². The first-order chi connectivity index (χ1) is 12.3. The van der Waals surface area contributed by atoms with Crippen LogP contribution in [0.2, 0.25) is 0 Å². The van der Waals surface area contributed by atoms with E-state index in [1.165, 1.54) is 32.1 Å². The fraction of sp³-hybridized carbons (Fsp3) is 0.722. The van der Waals surface area contributed by atoms with Gasteiger partial charge in [-0.25, -0.2) is 9.97 Å². The van der Waals surface area contributed by atoms with Gasteiger partial charge in [0.05, 0.1) is 32.3 Å². The van der Waals surface area contributed by atoms with Crippen molar-refractivity contribution >= 4 is 11.9 Å². The summed E-state index contributed by atoms with van der Waals surface area (Å²) in [5.41, 5.74) is 0.788. The lowest BCUT2D eigenvalue weighted by molar-refractivity contribution is -0.144. The van der Waals surface area contributed by atoms with Crippen LogP contribution in [0.1, 0.15) is 37.7 Å². The SMILES string of the molecule is O=C(Cc1cnc(NCC2CCCCC2)nc1)N(CCO)C1COC1. The van der Waals surface area contributed by atoms with Crippen LogP contribution in [0.5, 0.6) is 0 Å². The summed E-state index contributed by atoms with van der Waals surface area (Å²) >= 11 is 0. The van der Waals surface area contributed by atoms with Crippen LogP contribution >= 0.6 is 0 Å². The number of aliphatic hydroxyl groups excluding tert-OH is 1. The molecule has 138 valence electrons. The molecule has 0 radical (unpaired) electrons. The van der Waals surface area contributed by atoms with E-state index >= 15 is 0 Å². The highest BCUT2D eigenvalue weighted by molar-refractivity contribution is 5.79. The normalized spacial score (nSPS) is 18.6. The van der Waals surface area contributed by atoms with Crippen molar-refractivity contribution in [3.05, 3.63) is 18.0 Å². The molecule has 25 heavy (non-hydrogen) atoms. The quantitative estimate of drug-likeness (QED) is 0.735. The van der Waals surface area contributed by atoms with Crippen LogP contribution < -0.4 is 5.32 Å². The molecule has 1 saturated carbocycles. The molecule has 1 aromatic rings. The minimum absolute atomic E-state index is 0.0196. The molecule has 2 aliphatic rings. The Morgan fingerprint density at radius 3 is 2.56 bits per heavy atom. The maximum Gasteiger partial charge on any atom is 0.227 e. The molecule has 1 aromatic heterocycles. The molecule has 1 amide bonds. The highest BCUT2D eigenvalue weighted by Gasteiger charge is 2.29.